The molecule has 1 aromatic carbocycles. The molecule has 2 aromatic heterocycles. The van der Waals surface area contributed by atoms with Crippen LogP contribution in [-0.4, -0.2) is 60.3 Å². The van der Waals surface area contributed by atoms with Crippen LogP contribution < -0.4 is 4.74 Å². The summed E-state index contributed by atoms with van der Waals surface area (Å²) in [5.74, 6) is 0.642. The molecule has 0 unspecified atom stereocenters. The van der Waals surface area contributed by atoms with Crippen LogP contribution in [0.4, 0.5) is 0 Å². The number of benzene rings is 1. The van der Waals surface area contributed by atoms with Crippen LogP contribution in [0.5, 0.6) is 5.75 Å². The number of pyridine rings is 1. The van der Waals surface area contributed by atoms with E-state index in [1.54, 1.807) is 35.7 Å². The van der Waals surface area contributed by atoms with E-state index in [-0.39, 0.29) is 0 Å². The maximum absolute atomic E-state index is 12.8. The van der Waals surface area contributed by atoms with E-state index in [2.05, 4.69) is 25.8 Å². The number of hydrogen-bond acceptors (Lipinski definition) is 5. The summed E-state index contributed by atoms with van der Waals surface area (Å²) in [4.78, 5) is 7.17. The van der Waals surface area contributed by atoms with E-state index in [9.17, 15) is 8.42 Å². The maximum atomic E-state index is 12.8. The molecule has 1 aliphatic rings. The Hall–Kier alpha value is -1.94. The average Bonchev–Trinajstić information content (AvgIpc) is 3.09. The van der Waals surface area contributed by atoms with Crippen LogP contribution in [0.15, 0.2) is 58.2 Å². The minimum atomic E-state index is -3.48. The monoisotopic (exact) mass is 464 g/mol. The first-order chi connectivity index (χ1) is 13.5. The molecule has 0 spiro atoms. The molecule has 0 atom stereocenters. The van der Waals surface area contributed by atoms with Gasteiger partial charge in [0, 0.05) is 49.6 Å². The van der Waals surface area contributed by atoms with E-state index >= 15 is 0 Å². The molecule has 7 nitrogen and oxygen atoms in total. The number of piperazine rings is 1. The molecule has 9 heteroatoms. The quantitative estimate of drug-likeness (QED) is 0.580. The van der Waals surface area contributed by atoms with Gasteiger partial charge in [-0.05, 0) is 52.3 Å². The van der Waals surface area contributed by atoms with Crippen LogP contribution in [-0.2, 0) is 16.6 Å². The van der Waals surface area contributed by atoms with Crippen LogP contribution in [0.1, 0.15) is 5.69 Å². The van der Waals surface area contributed by atoms with Gasteiger partial charge < -0.3 is 9.14 Å². The minimum absolute atomic E-state index is 0.299. The van der Waals surface area contributed by atoms with Crippen molar-refractivity contribution >= 4 is 31.6 Å². The summed E-state index contributed by atoms with van der Waals surface area (Å²) in [7, 11) is -1.92. The first-order valence-corrected chi connectivity index (χ1v) is 11.2. The first kappa shape index (κ1) is 19.4. The van der Waals surface area contributed by atoms with Gasteiger partial charge in [0.05, 0.1) is 17.7 Å². The molecule has 0 saturated carbocycles. The van der Waals surface area contributed by atoms with Crippen molar-refractivity contribution in [2.24, 2.45) is 0 Å². The lowest BCUT2D eigenvalue weighted by molar-refractivity contribution is 0.180. The van der Waals surface area contributed by atoms with Crippen molar-refractivity contribution in [2.75, 3.05) is 33.3 Å². The van der Waals surface area contributed by atoms with Gasteiger partial charge in [-0.3, -0.25) is 4.90 Å². The van der Waals surface area contributed by atoms with E-state index in [0.717, 1.165) is 15.8 Å². The molecule has 0 aliphatic carbocycles. The maximum Gasteiger partial charge on any atom is 0.243 e. The molecule has 0 amide bonds. The molecule has 3 heterocycles. The zero-order chi connectivity index (χ0) is 19.7. The number of imidazole rings is 1. The molecule has 0 radical (unpaired) electrons. The molecule has 1 fully saturated rings. The third-order valence-electron chi connectivity index (χ3n) is 4.88. The summed E-state index contributed by atoms with van der Waals surface area (Å²) in [6.07, 6.45) is 3.99. The largest absolute Gasteiger partial charge is 0.497 e. The molecule has 1 saturated heterocycles. The lowest BCUT2D eigenvalue weighted by Gasteiger charge is -2.33. The smallest absolute Gasteiger partial charge is 0.243 e. The van der Waals surface area contributed by atoms with Gasteiger partial charge in [-0.25, -0.2) is 13.4 Å². The fraction of sp³-hybridized carbons (Fsp3) is 0.316. The van der Waals surface area contributed by atoms with E-state index in [1.165, 1.54) is 0 Å². The number of fused-ring (bicyclic) bond motifs is 1. The number of sulfonamides is 1. The van der Waals surface area contributed by atoms with Crippen molar-refractivity contribution < 1.29 is 13.2 Å². The van der Waals surface area contributed by atoms with Gasteiger partial charge in [0.15, 0.2) is 0 Å². The van der Waals surface area contributed by atoms with Crippen molar-refractivity contribution in [3.05, 3.63) is 59.0 Å². The summed E-state index contributed by atoms with van der Waals surface area (Å²) in [6, 6.07) is 10.5. The Labute approximate surface area is 172 Å². The highest BCUT2D eigenvalue weighted by Crippen LogP contribution is 2.21. The molecule has 148 valence electrons. The Morgan fingerprint density at radius 1 is 1.04 bits per heavy atom. The second-order valence-electron chi connectivity index (χ2n) is 6.70. The Morgan fingerprint density at radius 3 is 2.43 bits per heavy atom. The molecular weight excluding hydrogens is 444 g/mol. The van der Waals surface area contributed by atoms with E-state index in [4.69, 9.17) is 4.74 Å². The Balaban J connectivity index is 1.40. The van der Waals surface area contributed by atoms with Crippen LogP contribution in [0.3, 0.4) is 0 Å². The van der Waals surface area contributed by atoms with Gasteiger partial charge in [-0.2, -0.15) is 4.31 Å². The standard InChI is InChI=1S/C19H21BrN4O3S/c1-27-17-3-5-18(6-4-17)28(25,26)24-10-8-22(9-11-24)13-16-14-23-12-15(20)2-7-19(23)21-16/h2-7,12,14H,8-11,13H2,1H3. The Bertz CT molecular complexity index is 1070. The number of aromatic nitrogens is 2. The molecule has 1 aliphatic heterocycles. The lowest BCUT2D eigenvalue weighted by Crippen LogP contribution is -2.48. The fourth-order valence-electron chi connectivity index (χ4n) is 3.35. The predicted molar refractivity (Wildman–Crippen MR) is 110 cm³/mol. The highest BCUT2D eigenvalue weighted by molar-refractivity contribution is 9.10. The molecule has 3 aromatic rings. The normalized spacial score (nSPS) is 16.5. The van der Waals surface area contributed by atoms with Crippen molar-refractivity contribution in [3.8, 4) is 5.75 Å². The molecule has 28 heavy (non-hydrogen) atoms. The van der Waals surface area contributed by atoms with Crippen molar-refractivity contribution in [2.45, 2.75) is 11.4 Å². The number of nitrogens with zero attached hydrogens (tertiary/aromatic N) is 4. The second-order valence-corrected chi connectivity index (χ2v) is 9.55. The number of hydrogen-bond donors (Lipinski definition) is 0. The fourth-order valence-corrected chi connectivity index (χ4v) is 5.12. The SMILES string of the molecule is COc1ccc(S(=O)(=O)N2CCN(Cc3cn4cc(Br)ccc4n3)CC2)cc1. The number of rotatable bonds is 5. The van der Waals surface area contributed by atoms with E-state index in [0.29, 0.717) is 43.4 Å². The average molecular weight is 465 g/mol. The van der Waals surface area contributed by atoms with Crippen LogP contribution in [0.2, 0.25) is 0 Å². The minimum Gasteiger partial charge on any atom is -0.497 e. The van der Waals surface area contributed by atoms with Gasteiger partial charge in [-0.1, -0.05) is 0 Å². The summed E-state index contributed by atoms with van der Waals surface area (Å²) < 4.78 is 35.3. The highest BCUT2D eigenvalue weighted by atomic mass is 79.9. The summed E-state index contributed by atoms with van der Waals surface area (Å²) in [5, 5.41) is 0. The van der Waals surface area contributed by atoms with Crippen molar-refractivity contribution in [3.63, 3.8) is 0 Å². The Morgan fingerprint density at radius 2 is 1.75 bits per heavy atom. The van der Waals surface area contributed by atoms with Gasteiger partial charge in [0.1, 0.15) is 11.4 Å². The number of methoxy groups -OCH3 is 1. The van der Waals surface area contributed by atoms with Crippen molar-refractivity contribution in [1.82, 2.24) is 18.6 Å². The summed E-state index contributed by atoms with van der Waals surface area (Å²) >= 11 is 3.46. The number of halogens is 1. The zero-order valence-electron chi connectivity index (χ0n) is 15.5. The third kappa shape index (κ3) is 3.93. The van der Waals surface area contributed by atoms with E-state index < -0.39 is 10.0 Å². The summed E-state index contributed by atoms with van der Waals surface area (Å²) in [6.45, 7) is 2.98. The van der Waals surface area contributed by atoms with Gasteiger partial charge in [0.2, 0.25) is 10.0 Å². The summed E-state index contributed by atoms with van der Waals surface area (Å²) in [5.41, 5.74) is 1.88. The van der Waals surface area contributed by atoms with Crippen molar-refractivity contribution in [1.29, 1.82) is 0 Å². The molecular formula is C19H21BrN4O3S. The third-order valence-corrected chi connectivity index (χ3v) is 7.26. The zero-order valence-corrected chi connectivity index (χ0v) is 17.9. The highest BCUT2D eigenvalue weighted by Gasteiger charge is 2.28. The predicted octanol–water partition coefficient (Wildman–Crippen LogP) is 2.61. The first-order valence-electron chi connectivity index (χ1n) is 8.95. The van der Waals surface area contributed by atoms with Crippen LogP contribution >= 0.6 is 15.9 Å². The lowest BCUT2D eigenvalue weighted by atomic mass is 10.3. The topological polar surface area (TPSA) is 67.2 Å². The van der Waals surface area contributed by atoms with E-state index in [1.807, 2.05) is 28.9 Å². The van der Waals surface area contributed by atoms with Gasteiger partial charge >= 0.3 is 0 Å². The Kier molecular flexibility index (Phi) is 5.42. The second kappa shape index (κ2) is 7.82. The molecule has 0 N–H and O–H groups in total. The van der Waals surface area contributed by atoms with Gasteiger partial charge in [-0.15, -0.1) is 0 Å². The number of ether oxygens (including phenoxy) is 1. The van der Waals surface area contributed by atoms with Crippen LogP contribution in [0.25, 0.3) is 5.65 Å². The van der Waals surface area contributed by atoms with Gasteiger partial charge in [0.25, 0.3) is 0 Å². The van der Waals surface area contributed by atoms with Crippen LogP contribution in [0, 0.1) is 0 Å². The molecule has 0 bridgehead atoms. The molecule has 4 rings (SSSR count).